The van der Waals surface area contributed by atoms with Gasteiger partial charge in [-0.25, -0.2) is 4.79 Å². The molecule has 5 nitrogen and oxygen atoms in total. The van der Waals surface area contributed by atoms with E-state index in [1.54, 1.807) is 6.92 Å². The summed E-state index contributed by atoms with van der Waals surface area (Å²) in [5.74, 6) is -0.565. The molecule has 0 radical (unpaired) electrons. The van der Waals surface area contributed by atoms with Crippen molar-refractivity contribution in [1.29, 1.82) is 0 Å². The van der Waals surface area contributed by atoms with Crippen LogP contribution in [-0.2, 0) is 4.74 Å². The second-order valence-electron chi connectivity index (χ2n) is 2.32. The molecule has 0 aromatic carbocycles. The number of ether oxygens (including phenoxy) is 1. The number of nitrogens with zero attached hydrogens (tertiary/aromatic N) is 1. The highest BCUT2D eigenvalue weighted by atomic mass is 16.5. The van der Waals surface area contributed by atoms with Crippen LogP contribution < -0.4 is 5.56 Å². The number of carbonyl (C=O) groups excluding carboxylic acids is 1. The zero-order chi connectivity index (χ0) is 9.84. The summed E-state index contributed by atoms with van der Waals surface area (Å²) in [7, 11) is 0. The van der Waals surface area contributed by atoms with Crippen molar-refractivity contribution in [1.82, 2.24) is 4.73 Å². The van der Waals surface area contributed by atoms with Gasteiger partial charge in [0.15, 0.2) is 0 Å². The third-order valence-electron chi connectivity index (χ3n) is 1.40. The molecule has 0 bridgehead atoms. The molecular weight excluding hydrogens is 174 g/mol. The van der Waals surface area contributed by atoms with Crippen LogP contribution in [0.5, 0.6) is 0 Å². The third kappa shape index (κ3) is 2.08. The van der Waals surface area contributed by atoms with Crippen LogP contribution in [0.3, 0.4) is 0 Å². The lowest BCUT2D eigenvalue weighted by Gasteiger charge is -2.01. The minimum absolute atomic E-state index is 0.143. The first-order valence-corrected chi connectivity index (χ1v) is 3.74. The van der Waals surface area contributed by atoms with Gasteiger partial charge >= 0.3 is 5.97 Å². The van der Waals surface area contributed by atoms with Crippen molar-refractivity contribution in [2.24, 2.45) is 0 Å². The lowest BCUT2D eigenvalue weighted by Crippen LogP contribution is -2.18. The maximum atomic E-state index is 11.1. The molecule has 0 atom stereocenters. The number of carbonyl (C=O) groups is 1. The van der Waals surface area contributed by atoms with Crippen molar-refractivity contribution in [3.05, 3.63) is 34.2 Å². The number of rotatable bonds is 2. The molecule has 70 valence electrons. The van der Waals surface area contributed by atoms with Gasteiger partial charge in [-0.3, -0.25) is 4.79 Å². The van der Waals surface area contributed by atoms with Crippen molar-refractivity contribution in [2.45, 2.75) is 6.92 Å². The fraction of sp³-hybridized carbons (Fsp3) is 0.250. The Kier molecular flexibility index (Phi) is 2.69. The number of pyridine rings is 1. The Morgan fingerprint density at radius 3 is 2.85 bits per heavy atom. The van der Waals surface area contributed by atoms with Gasteiger partial charge in [0, 0.05) is 6.07 Å². The molecule has 1 heterocycles. The zero-order valence-electron chi connectivity index (χ0n) is 7.06. The maximum Gasteiger partial charge on any atom is 0.339 e. The lowest BCUT2D eigenvalue weighted by molar-refractivity contribution is 0.0520. The average Bonchev–Trinajstić information content (AvgIpc) is 2.10. The van der Waals surface area contributed by atoms with Crippen LogP contribution in [0.15, 0.2) is 23.1 Å². The minimum atomic E-state index is -0.590. The predicted octanol–water partition coefficient (Wildman–Crippen LogP) is 0.262. The molecule has 0 aliphatic rings. The summed E-state index contributed by atoms with van der Waals surface area (Å²) in [5, 5.41) is 8.91. The van der Waals surface area contributed by atoms with Gasteiger partial charge < -0.3 is 9.94 Å². The first kappa shape index (κ1) is 9.31. The van der Waals surface area contributed by atoms with Gasteiger partial charge in [0.05, 0.1) is 18.4 Å². The van der Waals surface area contributed by atoms with E-state index in [2.05, 4.69) is 4.74 Å². The fourth-order valence-electron chi connectivity index (χ4n) is 0.811. The summed E-state index contributed by atoms with van der Waals surface area (Å²) in [6, 6.07) is 2.39. The molecule has 13 heavy (non-hydrogen) atoms. The van der Waals surface area contributed by atoms with Crippen LogP contribution in [0.4, 0.5) is 0 Å². The smallest absolute Gasteiger partial charge is 0.339 e. The topological polar surface area (TPSA) is 68.5 Å². The summed E-state index contributed by atoms with van der Waals surface area (Å²) in [6.07, 6.45) is 1.01. The van der Waals surface area contributed by atoms with Gasteiger partial charge in [-0.2, -0.15) is 4.73 Å². The highest BCUT2D eigenvalue weighted by Crippen LogP contribution is 1.97. The molecule has 1 aromatic rings. The van der Waals surface area contributed by atoms with Crippen molar-refractivity contribution < 1.29 is 14.7 Å². The number of hydrogen-bond donors (Lipinski definition) is 1. The van der Waals surface area contributed by atoms with E-state index in [0.29, 0.717) is 4.73 Å². The van der Waals surface area contributed by atoms with Crippen LogP contribution in [0.25, 0.3) is 0 Å². The maximum absolute atomic E-state index is 11.1. The molecule has 0 fully saturated rings. The summed E-state index contributed by atoms with van der Waals surface area (Å²) in [4.78, 5) is 21.8. The molecule has 1 N–H and O–H groups in total. The van der Waals surface area contributed by atoms with E-state index in [0.717, 1.165) is 12.3 Å². The van der Waals surface area contributed by atoms with E-state index in [1.165, 1.54) is 6.07 Å². The standard InChI is InChI=1S/C8H9NO4/c1-2-13-8(11)6-3-4-7(10)9(12)5-6/h3-5,12H,2H2,1H3. The Morgan fingerprint density at radius 1 is 1.62 bits per heavy atom. The SMILES string of the molecule is CCOC(=O)c1ccc(=O)n(O)c1. The van der Waals surface area contributed by atoms with E-state index in [9.17, 15) is 9.59 Å². The van der Waals surface area contributed by atoms with Gasteiger partial charge in [0.1, 0.15) is 0 Å². The van der Waals surface area contributed by atoms with E-state index in [4.69, 9.17) is 5.21 Å². The quantitative estimate of drug-likeness (QED) is 0.527. The first-order valence-electron chi connectivity index (χ1n) is 3.74. The molecule has 0 unspecified atom stereocenters. The number of esters is 1. The van der Waals surface area contributed by atoms with E-state index in [1.807, 2.05) is 0 Å². The predicted molar refractivity (Wildman–Crippen MR) is 43.8 cm³/mol. The van der Waals surface area contributed by atoms with E-state index < -0.39 is 11.5 Å². The lowest BCUT2D eigenvalue weighted by atomic mass is 10.3. The fourth-order valence-corrected chi connectivity index (χ4v) is 0.811. The van der Waals surface area contributed by atoms with Crippen molar-refractivity contribution in [3.8, 4) is 0 Å². The van der Waals surface area contributed by atoms with Crippen LogP contribution in [0.2, 0.25) is 0 Å². The normalized spacial score (nSPS) is 9.62. The van der Waals surface area contributed by atoms with Crippen molar-refractivity contribution in [3.63, 3.8) is 0 Å². The minimum Gasteiger partial charge on any atom is -0.462 e. The Bertz CT molecular complexity index is 369. The van der Waals surface area contributed by atoms with Crippen molar-refractivity contribution in [2.75, 3.05) is 6.61 Å². The molecular formula is C8H9NO4. The van der Waals surface area contributed by atoms with Gasteiger partial charge in [0.25, 0.3) is 5.56 Å². The summed E-state index contributed by atoms with van der Waals surface area (Å²) in [5.41, 5.74) is -0.447. The second-order valence-corrected chi connectivity index (χ2v) is 2.32. The molecule has 0 spiro atoms. The Hall–Kier alpha value is -1.78. The monoisotopic (exact) mass is 183 g/mol. The van der Waals surface area contributed by atoms with E-state index in [-0.39, 0.29) is 12.2 Å². The third-order valence-corrected chi connectivity index (χ3v) is 1.40. The highest BCUT2D eigenvalue weighted by molar-refractivity contribution is 5.88. The van der Waals surface area contributed by atoms with Crippen LogP contribution in [-0.4, -0.2) is 22.5 Å². The average molecular weight is 183 g/mol. The molecule has 0 saturated carbocycles. The number of aromatic nitrogens is 1. The van der Waals surface area contributed by atoms with Gasteiger partial charge in [-0.1, -0.05) is 0 Å². The second kappa shape index (κ2) is 3.75. The Balaban J connectivity index is 2.97. The molecule has 0 amide bonds. The summed E-state index contributed by atoms with van der Waals surface area (Å²) >= 11 is 0. The summed E-state index contributed by atoms with van der Waals surface area (Å²) < 4.78 is 5.00. The molecule has 5 heteroatoms. The first-order chi connectivity index (χ1) is 6.15. The number of hydrogen-bond acceptors (Lipinski definition) is 4. The van der Waals surface area contributed by atoms with Crippen molar-refractivity contribution >= 4 is 5.97 Å². The highest BCUT2D eigenvalue weighted by Gasteiger charge is 2.07. The van der Waals surface area contributed by atoms with Crippen LogP contribution in [0, 0.1) is 0 Å². The Morgan fingerprint density at radius 2 is 2.31 bits per heavy atom. The van der Waals surface area contributed by atoms with Gasteiger partial charge in [0.2, 0.25) is 0 Å². The van der Waals surface area contributed by atoms with E-state index >= 15 is 0 Å². The molecule has 0 saturated heterocycles. The molecule has 1 rings (SSSR count). The van der Waals surface area contributed by atoms with Crippen LogP contribution in [0.1, 0.15) is 17.3 Å². The van der Waals surface area contributed by atoms with Crippen LogP contribution >= 0.6 is 0 Å². The Labute approximate surface area is 74.1 Å². The largest absolute Gasteiger partial charge is 0.462 e. The summed E-state index contributed by atoms with van der Waals surface area (Å²) in [6.45, 7) is 1.93. The zero-order valence-corrected chi connectivity index (χ0v) is 7.06. The van der Waals surface area contributed by atoms with Gasteiger partial charge in [-0.15, -0.1) is 0 Å². The molecule has 1 aromatic heterocycles. The van der Waals surface area contributed by atoms with Gasteiger partial charge in [-0.05, 0) is 13.0 Å². The molecule has 0 aliphatic carbocycles. The molecule has 0 aliphatic heterocycles.